The molecule has 0 saturated carbocycles. The minimum Gasteiger partial charge on any atom is -0.329 e. The third kappa shape index (κ3) is 3.31. The molecule has 1 aromatic heterocycles. The lowest BCUT2D eigenvalue weighted by molar-refractivity contribution is 0.387. The Bertz CT molecular complexity index is 539. The van der Waals surface area contributed by atoms with E-state index in [1.165, 1.54) is 6.20 Å². The number of sulfonamides is 1. The molecule has 1 aromatic rings. The van der Waals surface area contributed by atoms with Crippen LogP contribution < -0.4 is 5.73 Å². The van der Waals surface area contributed by atoms with Crippen molar-refractivity contribution in [3.05, 3.63) is 12.4 Å². The minimum atomic E-state index is -3.43. The van der Waals surface area contributed by atoms with E-state index in [1.807, 2.05) is 0 Å². The largest absolute Gasteiger partial charge is 0.329 e. The molecule has 0 atom stereocenters. The van der Waals surface area contributed by atoms with Gasteiger partial charge in [0.15, 0.2) is 0 Å². The molecule has 1 aliphatic heterocycles. The predicted molar refractivity (Wildman–Crippen MR) is 76.6 cm³/mol. The van der Waals surface area contributed by atoms with Crippen molar-refractivity contribution in [1.82, 2.24) is 14.1 Å². The molecule has 0 radical (unpaired) electrons. The van der Waals surface area contributed by atoms with Gasteiger partial charge in [0.1, 0.15) is 4.90 Å². The van der Waals surface area contributed by atoms with E-state index in [2.05, 4.69) is 18.9 Å². The van der Waals surface area contributed by atoms with Gasteiger partial charge in [0.2, 0.25) is 10.0 Å². The zero-order chi connectivity index (χ0) is 14.1. The van der Waals surface area contributed by atoms with Crippen LogP contribution >= 0.6 is 11.8 Å². The SMILES string of the molecule is CC1(C)CN(S(=O)(=O)c2cnn(CCN)c2)CCS1. The Morgan fingerprint density at radius 1 is 1.53 bits per heavy atom. The number of aromatic nitrogens is 2. The summed E-state index contributed by atoms with van der Waals surface area (Å²) in [6.45, 7) is 6.18. The predicted octanol–water partition coefficient (Wildman–Crippen LogP) is 0.358. The lowest BCUT2D eigenvalue weighted by Crippen LogP contribution is -2.45. The Balaban J connectivity index is 2.21. The van der Waals surface area contributed by atoms with Crippen molar-refractivity contribution in [1.29, 1.82) is 0 Å². The van der Waals surface area contributed by atoms with Crippen LogP contribution in [0.4, 0.5) is 0 Å². The molecule has 0 spiro atoms. The topological polar surface area (TPSA) is 81.2 Å². The normalized spacial score (nSPS) is 20.6. The standard InChI is InChI=1S/C11H20N4O2S2/c1-11(2)9-15(5-6-18-11)19(16,17)10-7-13-14(8-10)4-3-12/h7-8H,3-6,9,12H2,1-2H3. The van der Waals surface area contributed by atoms with Crippen molar-refractivity contribution in [3.63, 3.8) is 0 Å². The molecule has 2 heterocycles. The molecule has 2 N–H and O–H groups in total. The molecule has 6 nitrogen and oxygen atoms in total. The zero-order valence-electron chi connectivity index (χ0n) is 11.2. The highest BCUT2D eigenvalue weighted by Gasteiger charge is 2.35. The molecule has 19 heavy (non-hydrogen) atoms. The molecule has 108 valence electrons. The number of hydrogen-bond acceptors (Lipinski definition) is 5. The van der Waals surface area contributed by atoms with E-state index in [9.17, 15) is 8.42 Å². The van der Waals surface area contributed by atoms with E-state index in [-0.39, 0.29) is 9.64 Å². The van der Waals surface area contributed by atoms with E-state index < -0.39 is 10.0 Å². The molecule has 0 amide bonds. The van der Waals surface area contributed by atoms with Gasteiger partial charge in [-0.15, -0.1) is 0 Å². The van der Waals surface area contributed by atoms with Gasteiger partial charge >= 0.3 is 0 Å². The average molecular weight is 304 g/mol. The van der Waals surface area contributed by atoms with Crippen LogP contribution in [0.15, 0.2) is 17.3 Å². The van der Waals surface area contributed by atoms with Crippen LogP contribution in [0.5, 0.6) is 0 Å². The zero-order valence-corrected chi connectivity index (χ0v) is 12.9. The van der Waals surface area contributed by atoms with Gasteiger partial charge < -0.3 is 5.73 Å². The molecule has 0 aromatic carbocycles. The van der Waals surface area contributed by atoms with E-state index in [4.69, 9.17) is 5.73 Å². The first-order chi connectivity index (χ1) is 8.85. The Morgan fingerprint density at radius 2 is 2.26 bits per heavy atom. The van der Waals surface area contributed by atoms with E-state index in [0.29, 0.717) is 26.2 Å². The van der Waals surface area contributed by atoms with E-state index in [0.717, 1.165) is 5.75 Å². The molecule has 8 heteroatoms. The summed E-state index contributed by atoms with van der Waals surface area (Å²) < 4.78 is 28.1. The second kappa shape index (κ2) is 5.43. The highest BCUT2D eigenvalue weighted by atomic mass is 32.2. The number of hydrogen-bond donors (Lipinski definition) is 1. The summed E-state index contributed by atoms with van der Waals surface area (Å²) in [7, 11) is -3.43. The maximum Gasteiger partial charge on any atom is 0.246 e. The molecule has 1 saturated heterocycles. The Kier molecular flexibility index (Phi) is 4.24. The molecule has 0 aliphatic carbocycles. The summed E-state index contributed by atoms with van der Waals surface area (Å²) >= 11 is 1.81. The van der Waals surface area contributed by atoms with Gasteiger partial charge in [0, 0.05) is 36.3 Å². The number of nitrogens with two attached hydrogens (primary N) is 1. The van der Waals surface area contributed by atoms with Crippen molar-refractivity contribution in [3.8, 4) is 0 Å². The number of thioether (sulfide) groups is 1. The molecular formula is C11H20N4O2S2. The van der Waals surface area contributed by atoms with Crippen LogP contribution in [-0.4, -0.2) is 52.6 Å². The maximum absolute atomic E-state index is 12.5. The van der Waals surface area contributed by atoms with Crippen molar-refractivity contribution in [2.45, 2.75) is 30.0 Å². The summed E-state index contributed by atoms with van der Waals surface area (Å²) in [6.07, 6.45) is 2.96. The Labute approximate surface area is 118 Å². The third-order valence-electron chi connectivity index (χ3n) is 3.00. The van der Waals surface area contributed by atoms with Crippen LogP contribution in [0.1, 0.15) is 13.8 Å². The first kappa shape index (κ1) is 14.8. The third-order valence-corrected chi connectivity index (χ3v) is 6.09. The lowest BCUT2D eigenvalue weighted by atomic mass is 10.2. The van der Waals surface area contributed by atoms with Gasteiger partial charge in [-0.3, -0.25) is 4.68 Å². The smallest absolute Gasteiger partial charge is 0.246 e. The summed E-state index contributed by atoms with van der Waals surface area (Å²) in [6, 6.07) is 0. The molecule has 1 fully saturated rings. The highest BCUT2D eigenvalue weighted by Crippen LogP contribution is 2.32. The van der Waals surface area contributed by atoms with Gasteiger partial charge in [-0.25, -0.2) is 8.42 Å². The minimum absolute atomic E-state index is 0.0431. The summed E-state index contributed by atoms with van der Waals surface area (Å²) in [5.41, 5.74) is 5.43. The van der Waals surface area contributed by atoms with Crippen molar-refractivity contribution in [2.24, 2.45) is 5.73 Å². The van der Waals surface area contributed by atoms with Gasteiger partial charge in [0.05, 0.1) is 12.7 Å². The van der Waals surface area contributed by atoms with Crippen molar-refractivity contribution >= 4 is 21.8 Å². The van der Waals surface area contributed by atoms with Gasteiger partial charge in [-0.1, -0.05) is 0 Å². The average Bonchev–Trinajstić information content (AvgIpc) is 2.77. The molecule has 0 bridgehead atoms. The highest BCUT2D eigenvalue weighted by molar-refractivity contribution is 8.00. The van der Waals surface area contributed by atoms with E-state index >= 15 is 0 Å². The van der Waals surface area contributed by atoms with Gasteiger partial charge in [-0.2, -0.15) is 21.2 Å². The molecular weight excluding hydrogens is 284 g/mol. The van der Waals surface area contributed by atoms with Crippen molar-refractivity contribution in [2.75, 3.05) is 25.4 Å². The second-order valence-corrected chi connectivity index (χ2v) is 8.91. The molecule has 2 rings (SSSR count). The first-order valence-electron chi connectivity index (χ1n) is 6.22. The summed E-state index contributed by atoms with van der Waals surface area (Å²) in [5, 5.41) is 4.03. The number of rotatable bonds is 4. The van der Waals surface area contributed by atoms with Crippen LogP contribution in [-0.2, 0) is 16.6 Å². The fraction of sp³-hybridized carbons (Fsp3) is 0.727. The Morgan fingerprint density at radius 3 is 2.89 bits per heavy atom. The quantitative estimate of drug-likeness (QED) is 0.868. The van der Waals surface area contributed by atoms with Gasteiger partial charge in [0.25, 0.3) is 0 Å². The summed E-state index contributed by atoms with van der Waals surface area (Å²) in [5.74, 6) is 0.823. The van der Waals surface area contributed by atoms with Crippen LogP contribution in [0.2, 0.25) is 0 Å². The lowest BCUT2D eigenvalue weighted by Gasteiger charge is -2.36. The fourth-order valence-electron chi connectivity index (χ4n) is 2.06. The second-order valence-electron chi connectivity index (χ2n) is 5.17. The molecule has 0 unspecified atom stereocenters. The fourth-order valence-corrected chi connectivity index (χ4v) is 4.93. The monoisotopic (exact) mass is 304 g/mol. The maximum atomic E-state index is 12.5. The Hall–Kier alpha value is -0.570. The first-order valence-corrected chi connectivity index (χ1v) is 8.64. The van der Waals surface area contributed by atoms with Gasteiger partial charge in [-0.05, 0) is 13.8 Å². The van der Waals surface area contributed by atoms with Crippen LogP contribution in [0.3, 0.4) is 0 Å². The summed E-state index contributed by atoms with van der Waals surface area (Å²) in [4.78, 5) is 0.253. The van der Waals surface area contributed by atoms with E-state index in [1.54, 1.807) is 26.9 Å². The molecule has 1 aliphatic rings. The van der Waals surface area contributed by atoms with Crippen LogP contribution in [0, 0.1) is 0 Å². The van der Waals surface area contributed by atoms with Crippen molar-refractivity contribution < 1.29 is 8.42 Å². The van der Waals surface area contributed by atoms with Crippen LogP contribution in [0.25, 0.3) is 0 Å². The number of nitrogens with zero attached hydrogens (tertiary/aromatic N) is 3.